The van der Waals surface area contributed by atoms with E-state index in [1.165, 1.54) is 38.9 Å². The first-order valence-corrected chi connectivity index (χ1v) is 5.00. The summed E-state index contributed by atoms with van der Waals surface area (Å²) >= 11 is 0. The molecule has 0 rings (SSSR count). The Morgan fingerprint density at radius 3 is 1.92 bits per heavy atom. The SMILES string of the molecule is CCN(C)CCCCCN(C)C. The van der Waals surface area contributed by atoms with Gasteiger partial charge in [0, 0.05) is 0 Å². The Morgan fingerprint density at radius 2 is 1.42 bits per heavy atom. The summed E-state index contributed by atoms with van der Waals surface area (Å²) in [6.45, 7) is 5.87. The molecule has 0 spiro atoms. The molecule has 0 saturated carbocycles. The third-order valence-electron chi connectivity index (χ3n) is 2.18. The monoisotopic (exact) mass is 172 g/mol. The highest BCUT2D eigenvalue weighted by molar-refractivity contribution is 4.50. The van der Waals surface area contributed by atoms with Crippen LogP contribution in [0.1, 0.15) is 26.2 Å². The zero-order chi connectivity index (χ0) is 9.40. The van der Waals surface area contributed by atoms with E-state index in [0.29, 0.717) is 0 Å². The van der Waals surface area contributed by atoms with Gasteiger partial charge < -0.3 is 9.80 Å². The fourth-order valence-corrected chi connectivity index (χ4v) is 1.14. The molecule has 2 heteroatoms. The molecule has 0 aromatic heterocycles. The number of hydrogen-bond acceptors (Lipinski definition) is 2. The van der Waals surface area contributed by atoms with Gasteiger partial charge in [0.1, 0.15) is 0 Å². The number of nitrogens with zero attached hydrogens (tertiary/aromatic N) is 2. The zero-order valence-corrected chi connectivity index (χ0v) is 9.14. The fraction of sp³-hybridized carbons (Fsp3) is 1.00. The lowest BCUT2D eigenvalue weighted by Crippen LogP contribution is -2.19. The second-order valence-electron chi connectivity index (χ2n) is 3.76. The first-order chi connectivity index (χ1) is 5.66. The van der Waals surface area contributed by atoms with Gasteiger partial charge in [0.05, 0.1) is 0 Å². The smallest absolute Gasteiger partial charge is 0.00219 e. The van der Waals surface area contributed by atoms with Crippen LogP contribution in [-0.4, -0.2) is 50.6 Å². The summed E-state index contributed by atoms with van der Waals surface area (Å²) < 4.78 is 0. The molecule has 0 aliphatic carbocycles. The van der Waals surface area contributed by atoms with E-state index >= 15 is 0 Å². The Bertz CT molecular complexity index is 91.8. The van der Waals surface area contributed by atoms with Gasteiger partial charge >= 0.3 is 0 Å². The summed E-state index contributed by atoms with van der Waals surface area (Å²) in [7, 11) is 6.46. The minimum atomic E-state index is 1.17. The van der Waals surface area contributed by atoms with E-state index in [2.05, 4.69) is 37.9 Å². The van der Waals surface area contributed by atoms with Gasteiger partial charge in [-0.1, -0.05) is 13.3 Å². The highest BCUT2D eigenvalue weighted by atomic mass is 15.1. The van der Waals surface area contributed by atoms with Gasteiger partial charge in [0.25, 0.3) is 0 Å². The van der Waals surface area contributed by atoms with Crippen LogP contribution in [0.25, 0.3) is 0 Å². The Labute approximate surface area is 77.5 Å². The van der Waals surface area contributed by atoms with Crippen molar-refractivity contribution in [1.82, 2.24) is 9.80 Å². The van der Waals surface area contributed by atoms with Gasteiger partial charge in [-0.15, -0.1) is 0 Å². The fourth-order valence-electron chi connectivity index (χ4n) is 1.14. The van der Waals surface area contributed by atoms with Crippen LogP contribution in [0, 0.1) is 0 Å². The van der Waals surface area contributed by atoms with Crippen LogP contribution in [0.4, 0.5) is 0 Å². The molecule has 0 atom stereocenters. The summed E-state index contributed by atoms with van der Waals surface area (Å²) in [4.78, 5) is 4.62. The summed E-state index contributed by atoms with van der Waals surface area (Å²) in [5.74, 6) is 0. The lowest BCUT2D eigenvalue weighted by atomic mass is 10.2. The van der Waals surface area contributed by atoms with Crippen molar-refractivity contribution < 1.29 is 0 Å². The lowest BCUT2D eigenvalue weighted by molar-refractivity contribution is 0.331. The zero-order valence-electron chi connectivity index (χ0n) is 9.14. The van der Waals surface area contributed by atoms with Gasteiger partial charge in [-0.25, -0.2) is 0 Å². The quantitative estimate of drug-likeness (QED) is 0.539. The van der Waals surface area contributed by atoms with Crippen LogP contribution in [0.3, 0.4) is 0 Å². The van der Waals surface area contributed by atoms with Crippen molar-refractivity contribution >= 4 is 0 Å². The minimum Gasteiger partial charge on any atom is -0.309 e. The molecular weight excluding hydrogens is 148 g/mol. The first-order valence-electron chi connectivity index (χ1n) is 5.00. The molecule has 0 fully saturated rings. The second-order valence-corrected chi connectivity index (χ2v) is 3.76. The maximum absolute atomic E-state index is 2.37. The van der Waals surface area contributed by atoms with Crippen LogP contribution < -0.4 is 0 Å². The molecule has 74 valence electrons. The van der Waals surface area contributed by atoms with Crippen molar-refractivity contribution in [2.24, 2.45) is 0 Å². The average molecular weight is 172 g/mol. The molecule has 0 aromatic rings. The molecule has 2 nitrogen and oxygen atoms in total. The first kappa shape index (κ1) is 11.9. The van der Waals surface area contributed by atoms with E-state index in [1.54, 1.807) is 0 Å². The van der Waals surface area contributed by atoms with E-state index < -0.39 is 0 Å². The van der Waals surface area contributed by atoms with Crippen LogP contribution >= 0.6 is 0 Å². The maximum Gasteiger partial charge on any atom is -0.00219 e. The summed E-state index contributed by atoms with van der Waals surface area (Å²) in [5.41, 5.74) is 0. The van der Waals surface area contributed by atoms with E-state index in [1.807, 2.05) is 0 Å². The minimum absolute atomic E-state index is 1.17. The molecule has 0 heterocycles. The van der Waals surface area contributed by atoms with E-state index in [4.69, 9.17) is 0 Å². The Kier molecular flexibility index (Phi) is 7.51. The number of unbranched alkanes of at least 4 members (excludes halogenated alkanes) is 2. The van der Waals surface area contributed by atoms with Crippen molar-refractivity contribution in [3.63, 3.8) is 0 Å². The van der Waals surface area contributed by atoms with Crippen LogP contribution in [0.15, 0.2) is 0 Å². The Balaban J connectivity index is 3.00. The summed E-state index contributed by atoms with van der Waals surface area (Å²) in [5, 5.41) is 0. The van der Waals surface area contributed by atoms with E-state index in [9.17, 15) is 0 Å². The van der Waals surface area contributed by atoms with Crippen molar-refractivity contribution in [3.8, 4) is 0 Å². The molecule has 12 heavy (non-hydrogen) atoms. The topological polar surface area (TPSA) is 6.48 Å². The highest BCUT2D eigenvalue weighted by Gasteiger charge is 1.94. The largest absolute Gasteiger partial charge is 0.309 e. The number of hydrogen-bond donors (Lipinski definition) is 0. The highest BCUT2D eigenvalue weighted by Crippen LogP contribution is 1.97. The molecular formula is C10H24N2. The molecule has 0 radical (unpaired) electrons. The van der Waals surface area contributed by atoms with Gasteiger partial charge in [0.2, 0.25) is 0 Å². The Morgan fingerprint density at radius 1 is 0.833 bits per heavy atom. The average Bonchev–Trinajstić information content (AvgIpc) is 2.03. The van der Waals surface area contributed by atoms with Crippen LogP contribution in [0.2, 0.25) is 0 Å². The predicted molar refractivity (Wildman–Crippen MR) is 55.6 cm³/mol. The molecule has 0 aliphatic heterocycles. The molecule has 0 aliphatic rings. The normalized spacial score (nSPS) is 11.5. The molecule has 0 saturated heterocycles. The van der Waals surface area contributed by atoms with Gasteiger partial charge in [-0.3, -0.25) is 0 Å². The molecule has 0 aromatic carbocycles. The van der Waals surface area contributed by atoms with Crippen molar-refractivity contribution in [3.05, 3.63) is 0 Å². The standard InChI is InChI=1S/C10H24N2/c1-5-12(4)10-8-6-7-9-11(2)3/h5-10H2,1-4H3. The van der Waals surface area contributed by atoms with Gasteiger partial charge in [-0.2, -0.15) is 0 Å². The molecule has 0 N–H and O–H groups in total. The van der Waals surface area contributed by atoms with E-state index in [-0.39, 0.29) is 0 Å². The second kappa shape index (κ2) is 7.56. The number of rotatable bonds is 7. The van der Waals surface area contributed by atoms with Gasteiger partial charge in [0.15, 0.2) is 0 Å². The van der Waals surface area contributed by atoms with E-state index in [0.717, 1.165) is 0 Å². The van der Waals surface area contributed by atoms with Crippen molar-refractivity contribution in [2.45, 2.75) is 26.2 Å². The lowest BCUT2D eigenvalue weighted by Gasteiger charge is -2.13. The van der Waals surface area contributed by atoms with Crippen molar-refractivity contribution in [2.75, 3.05) is 40.8 Å². The van der Waals surface area contributed by atoms with Crippen LogP contribution in [0.5, 0.6) is 0 Å². The molecule has 0 bridgehead atoms. The Hall–Kier alpha value is -0.0800. The predicted octanol–water partition coefficient (Wildman–Crippen LogP) is 1.67. The maximum atomic E-state index is 2.37. The third kappa shape index (κ3) is 8.02. The third-order valence-corrected chi connectivity index (χ3v) is 2.18. The molecule has 0 unspecified atom stereocenters. The van der Waals surface area contributed by atoms with Crippen LogP contribution in [-0.2, 0) is 0 Å². The summed E-state index contributed by atoms with van der Waals surface area (Å²) in [6, 6.07) is 0. The van der Waals surface area contributed by atoms with Crippen molar-refractivity contribution in [1.29, 1.82) is 0 Å². The van der Waals surface area contributed by atoms with Gasteiger partial charge in [-0.05, 0) is 53.6 Å². The summed E-state index contributed by atoms with van der Waals surface area (Å²) in [6.07, 6.45) is 4.05. The molecule has 0 amide bonds.